The van der Waals surface area contributed by atoms with Crippen molar-refractivity contribution in [2.45, 2.75) is 56.4 Å². The molecule has 2 N–H and O–H groups in total. The van der Waals surface area contributed by atoms with Crippen molar-refractivity contribution in [2.75, 3.05) is 33.8 Å². The maximum atomic E-state index is 5.96. The molecule has 4 unspecified atom stereocenters. The van der Waals surface area contributed by atoms with Crippen LogP contribution in [0.25, 0.3) is 0 Å². The van der Waals surface area contributed by atoms with Crippen molar-refractivity contribution in [2.24, 2.45) is 4.99 Å². The van der Waals surface area contributed by atoms with Crippen LogP contribution in [0.4, 0.5) is 0 Å². The van der Waals surface area contributed by atoms with E-state index in [1.807, 2.05) is 13.1 Å². The van der Waals surface area contributed by atoms with E-state index in [0.29, 0.717) is 24.3 Å². The van der Waals surface area contributed by atoms with Crippen LogP contribution in [0.5, 0.6) is 5.75 Å². The molecule has 0 aromatic heterocycles. The smallest absolute Gasteiger partial charge is 0.191 e. The Bertz CT molecular complexity index is 666. The normalized spacial score (nSPS) is 28.1. The number of ether oxygens (including phenoxy) is 2. The molecular formula is C21H33IN4O2. The summed E-state index contributed by atoms with van der Waals surface area (Å²) in [5.74, 6) is 1.79. The van der Waals surface area contributed by atoms with E-state index in [9.17, 15) is 0 Å². The van der Waals surface area contributed by atoms with Crippen LogP contribution in [0.2, 0.25) is 0 Å². The number of methoxy groups -OCH3 is 1. The molecule has 3 aliphatic heterocycles. The lowest BCUT2D eigenvalue weighted by molar-refractivity contribution is 0.0992. The van der Waals surface area contributed by atoms with Crippen LogP contribution in [0.3, 0.4) is 0 Å². The molecule has 3 heterocycles. The number of likely N-dealkylation sites (tertiary alicyclic amines) is 1. The molecule has 3 aliphatic rings. The van der Waals surface area contributed by atoms with E-state index in [-0.39, 0.29) is 24.0 Å². The molecule has 0 amide bonds. The Balaban J connectivity index is 0.00000225. The Morgan fingerprint density at radius 3 is 2.79 bits per heavy atom. The number of aliphatic imine (C=N–C) groups is 1. The van der Waals surface area contributed by atoms with E-state index in [4.69, 9.17) is 9.47 Å². The van der Waals surface area contributed by atoms with Gasteiger partial charge in [-0.05, 0) is 62.9 Å². The van der Waals surface area contributed by atoms with Crippen LogP contribution >= 0.6 is 24.0 Å². The fourth-order valence-electron chi connectivity index (χ4n) is 4.71. The van der Waals surface area contributed by atoms with Gasteiger partial charge in [0.15, 0.2) is 5.96 Å². The Hall–Kier alpha value is -1.06. The maximum absolute atomic E-state index is 5.96. The predicted octanol–water partition coefficient (Wildman–Crippen LogP) is 2.94. The molecule has 28 heavy (non-hydrogen) atoms. The molecule has 4 atom stereocenters. The lowest BCUT2D eigenvalue weighted by Gasteiger charge is -2.30. The summed E-state index contributed by atoms with van der Waals surface area (Å²) in [5.41, 5.74) is 1.29. The molecule has 0 radical (unpaired) electrons. The molecule has 156 valence electrons. The van der Waals surface area contributed by atoms with Crippen molar-refractivity contribution < 1.29 is 9.47 Å². The van der Waals surface area contributed by atoms with Gasteiger partial charge in [-0.1, -0.05) is 12.1 Å². The zero-order chi connectivity index (χ0) is 18.6. The first kappa shape index (κ1) is 21.6. The van der Waals surface area contributed by atoms with Crippen LogP contribution in [-0.4, -0.2) is 62.9 Å². The van der Waals surface area contributed by atoms with Gasteiger partial charge in [-0.3, -0.25) is 9.89 Å². The standard InChI is InChI=1S/C21H32N4O2.HI/c1-22-21(24-18-13-17-8-9-20(18)27-17)23-14-19(25-10-3-4-11-25)15-6-5-7-16(12-15)26-2;/h5-7,12,17-20H,3-4,8-11,13-14H2,1-2H3,(H2,22,23,24);1H. The first-order chi connectivity index (χ1) is 13.3. The van der Waals surface area contributed by atoms with Gasteiger partial charge in [-0.25, -0.2) is 0 Å². The zero-order valence-corrected chi connectivity index (χ0v) is 19.2. The van der Waals surface area contributed by atoms with Crippen molar-refractivity contribution in [3.8, 4) is 5.75 Å². The van der Waals surface area contributed by atoms with Gasteiger partial charge in [-0.2, -0.15) is 0 Å². The van der Waals surface area contributed by atoms with Gasteiger partial charge in [0, 0.05) is 13.6 Å². The van der Waals surface area contributed by atoms with E-state index in [1.54, 1.807) is 7.11 Å². The second-order valence-corrected chi connectivity index (χ2v) is 7.85. The molecule has 0 spiro atoms. The molecular weight excluding hydrogens is 467 g/mol. The summed E-state index contributed by atoms with van der Waals surface area (Å²) in [6.45, 7) is 3.13. The topological polar surface area (TPSA) is 58.1 Å². The summed E-state index contributed by atoms with van der Waals surface area (Å²) in [6, 6.07) is 9.15. The lowest BCUT2D eigenvalue weighted by Crippen LogP contribution is -2.49. The van der Waals surface area contributed by atoms with Gasteiger partial charge in [0.2, 0.25) is 0 Å². The average molecular weight is 500 g/mol. The van der Waals surface area contributed by atoms with Crippen LogP contribution in [0, 0.1) is 0 Å². The number of rotatable bonds is 6. The van der Waals surface area contributed by atoms with Crippen LogP contribution in [0.1, 0.15) is 43.7 Å². The highest BCUT2D eigenvalue weighted by atomic mass is 127. The second-order valence-electron chi connectivity index (χ2n) is 7.85. The van der Waals surface area contributed by atoms with Gasteiger partial charge < -0.3 is 20.1 Å². The van der Waals surface area contributed by atoms with Crippen molar-refractivity contribution >= 4 is 29.9 Å². The van der Waals surface area contributed by atoms with Gasteiger partial charge in [0.1, 0.15) is 5.75 Å². The predicted molar refractivity (Wildman–Crippen MR) is 123 cm³/mol. The van der Waals surface area contributed by atoms with E-state index < -0.39 is 0 Å². The lowest BCUT2D eigenvalue weighted by atomic mass is 9.96. The first-order valence-corrected chi connectivity index (χ1v) is 10.3. The highest BCUT2D eigenvalue weighted by Gasteiger charge is 2.41. The molecule has 1 aromatic rings. The van der Waals surface area contributed by atoms with Crippen molar-refractivity contribution in [1.29, 1.82) is 0 Å². The van der Waals surface area contributed by atoms with Gasteiger partial charge in [-0.15, -0.1) is 24.0 Å². The summed E-state index contributed by atoms with van der Waals surface area (Å²) < 4.78 is 11.4. The molecule has 3 fully saturated rings. The van der Waals surface area contributed by atoms with Gasteiger partial charge in [0.25, 0.3) is 0 Å². The molecule has 0 saturated carbocycles. The minimum Gasteiger partial charge on any atom is -0.497 e. The number of halogens is 1. The third-order valence-electron chi connectivity index (χ3n) is 6.17. The maximum Gasteiger partial charge on any atom is 0.191 e. The third kappa shape index (κ3) is 4.91. The van der Waals surface area contributed by atoms with Gasteiger partial charge >= 0.3 is 0 Å². The number of benzene rings is 1. The minimum atomic E-state index is 0. The average Bonchev–Trinajstić information content (AvgIpc) is 3.46. The van der Waals surface area contributed by atoms with Crippen LogP contribution in [0.15, 0.2) is 29.3 Å². The van der Waals surface area contributed by atoms with Crippen molar-refractivity contribution in [1.82, 2.24) is 15.5 Å². The molecule has 4 rings (SSSR count). The van der Waals surface area contributed by atoms with E-state index >= 15 is 0 Å². The van der Waals surface area contributed by atoms with Gasteiger partial charge in [0.05, 0.1) is 31.4 Å². The summed E-state index contributed by atoms with van der Waals surface area (Å²) >= 11 is 0. The number of hydrogen-bond acceptors (Lipinski definition) is 4. The molecule has 1 aromatic carbocycles. The fourth-order valence-corrected chi connectivity index (χ4v) is 4.71. The number of guanidine groups is 1. The van der Waals surface area contributed by atoms with E-state index in [2.05, 4.69) is 38.7 Å². The Morgan fingerprint density at radius 2 is 2.14 bits per heavy atom. The SMILES string of the molecule is CN=C(NCC(c1cccc(OC)c1)N1CCCC1)NC1CC2CCC1O2.I. The zero-order valence-electron chi connectivity index (χ0n) is 16.9. The summed E-state index contributed by atoms with van der Waals surface area (Å²) in [4.78, 5) is 7.02. The second kappa shape index (κ2) is 10.1. The fraction of sp³-hybridized carbons (Fsp3) is 0.667. The number of hydrogen-bond donors (Lipinski definition) is 2. The van der Waals surface area contributed by atoms with Crippen LogP contribution < -0.4 is 15.4 Å². The summed E-state index contributed by atoms with van der Waals surface area (Å²) in [7, 11) is 3.57. The number of nitrogens with zero attached hydrogens (tertiary/aromatic N) is 2. The molecule has 0 aliphatic carbocycles. The van der Waals surface area contributed by atoms with E-state index in [1.165, 1.54) is 31.2 Å². The largest absolute Gasteiger partial charge is 0.497 e. The monoisotopic (exact) mass is 500 g/mol. The minimum absolute atomic E-state index is 0. The molecule has 7 heteroatoms. The Labute approximate surface area is 185 Å². The first-order valence-electron chi connectivity index (χ1n) is 10.3. The van der Waals surface area contributed by atoms with E-state index in [0.717, 1.165) is 37.8 Å². The molecule has 2 bridgehead atoms. The highest BCUT2D eigenvalue weighted by Crippen LogP contribution is 2.34. The number of nitrogens with one attached hydrogen (secondary N) is 2. The number of fused-ring (bicyclic) bond motifs is 2. The molecule has 6 nitrogen and oxygen atoms in total. The van der Waals surface area contributed by atoms with Crippen molar-refractivity contribution in [3.63, 3.8) is 0 Å². The molecule has 3 saturated heterocycles. The summed E-state index contributed by atoms with van der Waals surface area (Å²) in [5, 5.41) is 7.16. The Morgan fingerprint density at radius 1 is 1.32 bits per heavy atom. The Kier molecular flexibility index (Phi) is 7.82. The highest BCUT2D eigenvalue weighted by molar-refractivity contribution is 14.0. The van der Waals surface area contributed by atoms with Crippen molar-refractivity contribution in [3.05, 3.63) is 29.8 Å². The summed E-state index contributed by atoms with van der Waals surface area (Å²) in [6.07, 6.45) is 6.81. The van der Waals surface area contributed by atoms with Crippen LogP contribution in [-0.2, 0) is 4.74 Å². The quantitative estimate of drug-likeness (QED) is 0.358. The third-order valence-corrected chi connectivity index (χ3v) is 6.17.